The number of hydrogen-bond donors (Lipinski definition) is 2. The maximum Gasteiger partial charge on any atom is 0.0743 e. The number of hydrogen-bond acceptors (Lipinski definition) is 4. The average molecular weight is 257 g/mol. The molecular weight excluding hydrogens is 242 g/mol. The third-order valence-electron chi connectivity index (χ3n) is 2.54. The third kappa shape index (κ3) is 2.88. The van der Waals surface area contributed by atoms with E-state index in [9.17, 15) is 0 Å². The number of nitrogens with zero attached hydrogens (tertiary/aromatic N) is 1. The molecular formula is C14H15N3S. The van der Waals surface area contributed by atoms with Crippen LogP contribution < -0.4 is 11.1 Å². The molecule has 2 aromatic rings. The van der Waals surface area contributed by atoms with E-state index >= 15 is 0 Å². The van der Waals surface area contributed by atoms with E-state index in [0.717, 1.165) is 34.6 Å². The number of terminal acetylenes is 1. The number of para-hydroxylation sites is 1. The summed E-state index contributed by atoms with van der Waals surface area (Å²) in [6.07, 6.45) is 6.89. The molecule has 0 saturated heterocycles. The van der Waals surface area contributed by atoms with Gasteiger partial charge in [-0.25, -0.2) is 0 Å². The fourth-order valence-electron chi connectivity index (χ4n) is 1.73. The molecule has 18 heavy (non-hydrogen) atoms. The van der Waals surface area contributed by atoms with Gasteiger partial charge in [-0.2, -0.15) is 0 Å². The Morgan fingerprint density at radius 3 is 3.06 bits per heavy atom. The molecule has 0 spiro atoms. The third-order valence-corrected chi connectivity index (χ3v) is 3.40. The molecule has 1 aromatic heterocycles. The van der Waals surface area contributed by atoms with Crippen molar-refractivity contribution in [1.29, 1.82) is 0 Å². The second kappa shape index (κ2) is 6.18. The van der Waals surface area contributed by atoms with Crippen molar-refractivity contribution in [3.05, 3.63) is 30.5 Å². The summed E-state index contributed by atoms with van der Waals surface area (Å²) in [6.45, 7) is 0.838. The van der Waals surface area contributed by atoms with Gasteiger partial charge in [-0.15, -0.1) is 18.2 Å². The van der Waals surface area contributed by atoms with Gasteiger partial charge in [0.1, 0.15) is 0 Å². The van der Waals surface area contributed by atoms with Crippen molar-refractivity contribution in [1.82, 2.24) is 4.98 Å². The van der Waals surface area contributed by atoms with Crippen LogP contribution in [0, 0.1) is 12.3 Å². The first kappa shape index (κ1) is 12.6. The Balaban J connectivity index is 2.12. The molecule has 0 fully saturated rings. The van der Waals surface area contributed by atoms with E-state index in [2.05, 4.69) is 16.2 Å². The Morgan fingerprint density at radius 2 is 2.22 bits per heavy atom. The van der Waals surface area contributed by atoms with Crippen molar-refractivity contribution in [3.63, 3.8) is 0 Å². The fourth-order valence-corrected chi connectivity index (χ4v) is 2.24. The van der Waals surface area contributed by atoms with Crippen LogP contribution in [0.25, 0.3) is 10.9 Å². The lowest BCUT2D eigenvalue weighted by Crippen LogP contribution is -2.07. The molecule has 0 aliphatic heterocycles. The molecule has 0 saturated carbocycles. The van der Waals surface area contributed by atoms with Gasteiger partial charge in [0.25, 0.3) is 0 Å². The molecule has 0 radical (unpaired) electrons. The number of nitrogens with one attached hydrogen (secondary N) is 1. The molecule has 1 aromatic carbocycles. The van der Waals surface area contributed by atoms with Crippen LogP contribution in [0.1, 0.15) is 0 Å². The molecule has 0 bridgehead atoms. The van der Waals surface area contributed by atoms with Crippen LogP contribution >= 0.6 is 11.8 Å². The summed E-state index contributed by atoms with van der Waals surface area (Å²) in [5.41, 5.74) is 8.55. The van der Waals surface area contributed by atoms with Crippen LogP contribution in [0.2, 0.25) is 0 Å². The minimum Gasteiger partial charge on any atom is -0.396 e. The van der Waals surface area contributed by atoms with Crippen molar-refractivity contribution < 1.29 is 0 Å². The van der Waals surface area contributed by atoms with E-state index in [1.165, 1.54) is 0 Å². The van der Waals surface area contributed by atoms with E-state index in [1.807, 2.05) is 24.3 Å². The lowest BCUT2D eigenvalue weighted by Gasteiger charge is -2.11. The minimum atomic E-state index is 0.677. The predicted octanol–water partition coefficient (Wildman–Crippen LogP) is 2.60. The molecule has 0 unspecified atom stereocenters. The van der Waals surface area contributed by atoms with E-state index in [-0.39, 0.29) is 0 Å². The van der Waals surface area contributed by atoms with Gasteiger partial charge in [0, 0.05) is 17.7 Å². The molecule has 1 heterocycles. The molecule has 0 atom stereocenters. The summed E-state index contributed by atoms with van der Waals surface area (Å²) in [7, 11) is 0. The van der Waals surface area contributed by atoms with Crippen molar-refractivity contribution >= 4 is 34.0 Å². The number of thioether (sulfide) groups is 1. The Hall–Kier alpha value is -1.86. The zero-order valence-electron chi connectivity index (χ0n) is 10.0. The standard InChI is InChI=1S/C14H15N3S/c1-2-8-18-9-7-16-14-11-5-3-4-6-13(11)17-10-12(14)15/h1,3-6,10H,7-9,15H2,(H,16,17). The van der Waals surface area contributed by atoms with E-state index < -0.39 is 0 Å². The molecule has 0 aliphatic rings. The molecule has 3 nitrogen and oxygen atoms in total. The molecule has 0 aliphatic carbocycles. The van der Waals surface area contributed by atoms with Gasteiger partial charge in [-0.3, -0.25) is 4.98 Å². The molecule has 0 amide bonds. The summed E-state index contributed by atoms with van der Waals surface area (Å²) in [5.74, 6) is 4.31. The predicted molar refractivity (Wildman–Crippen MR) is 80.8 cm³/mol. The number of aromatic nitrogens is 1. The summed E-state index contributed by atoms with van der Waals surface area (Å²) < 4.78 is 0. The SMILES string of the molecule is C#CCSCCNc1c(N)cnc2ccccc12. The Kier molecular flexibility index (Phi) is 4.32. The molecule has 92 valence electrons. The summed E-state index contributed by atoms with van der Waals surface area (Å²) in [4.78, 5) is 4.30. The van der Waals surface area contributed by atoms with Crippen LogP contribution in [0.3, 0.4) is 0 Å². The van der Waals surface area contributed by atoms with Gasteiger partial charge < -0.3 is 11.1 Å². The van der Waals surface area contributed by atoms with E-state index in [1.54, 1.807) is 18.0 Å². The first-order chi connectivity index (χ1) is 8.83. The van der Waals surface area contributed by atoms with Crippen LogP contribution in [0.5, 0.6) is 0 Å². The Bertz CT molecular complexity index is 575. The maximum atomic E-state index is 5.96. The number of pyridine rings is 1. The smallest absolute Gasteiger partial charge is 0.0743 e. The second-order valence-electron chi connectivity index (χ2n) is 3.79. The number of anilines is 2. The highest BCUT2D eigenvalue weighted by atomic mass is 32.2. The highest BCUT2D eigenvalue weighted by molar-refractivity contribution is 7.99. The first-order valence-electron chi connectivity index (χ1n) is 5.71. The van der Waals surface area contributed by atoms with Gasteiger partial charge in [0.2, 0.25) is 0 Å². The largest absolute Gasteiger partial charge is 0.396 e. The van der Waals surface area contributed by atoms with E-state index in [4.69, 9.17) is 12.2 Å². The lowest BCUT2D eigenvalue weighted by atomic mass is 10.1. The van der Waals surface area contributed by atoms with Crippen molar-refractivity contribution in [2.24, 2.45) is 0 Å². The number of benzene rings is 1. The average Bonchev–Trinajstić information content (AvgIpc) is 2.41. The Labute approximate surface area is 111 Å². The maximum absolute atomic E-state index is 5.96. The molecule has 4 heteroatoms. The minimum absolute atomic E-state index is 0.677. The Morgan fingerprint density at radius 1 is 1.39 bits per heavy atom. The van der Waals surface area contributed by atoms with Crippen LogP contribution in [0.15, 0.2) is 30.5 Å². The highest BCUT2D eigenvalue weighted by Gasteiger charge is 2.05. The van der Waals surface area contributed by atoms with Crippen LogP contribution in [-0.4, -0.2) is 23.0 Å². The zero-order chi connectivity index (χ0) is 12.8. The highest BCUT2D eigenvalue weighted by Crippen LogP contribution is 2.27. The molecule has 3 N–H and O–H groups in total. The fraction of sp³-hybridized carbons (Fsp3) is 0.214. The van der Waals surface area contributed by atoms with E-state index in [0.29, 0.717) is 5.69 Å². The first-order valence-corrected chi connectivity index (χ1v) is 6.86. The van der Waals surface area contributed by atoms with Crippen LogP contribution in [0.4, 0.5) is 11.4 Å². The van der Waals surface area contributed by atoms with Crippen molar-refractivity contribution in [3.8, 4) is 12.3 Å². The lowest BCUT2D eigenvalue weighted by molar-refractivity contribution is 1.23. The zero-order valence-corrected chi connectivity index (χ0v) is 10.8. The number of rotatable bonds is 5. The number of nitrogen functional groups attached to an aromatic ring is 1. The van der Waals surface area contributed by atoms with Gasteiger partial charge in [0.15, 0.2) is 0 Å². The second-order valence-corrected chi connectivity index (χ2v) is 4.89. The van der Waals surface area contributed by atoms with Crippen molar-refractivity contribution in [2.75, 3.05) is 29.1 Å². The summed E-state index contributed by atoms with van der Waals surface area (Å²) in [6, 6.07) is 7.96. The van der Waals surface area contributed by atoms with Gasteiger partial charge in [-0.05, 0) is 6.07 Å². The van der Waals surface area contributed by atoms with Crippen LogP contribution in [-0.2, 0) is 0 Å². The number of nitrogens with two attached hydrogens (primary N) is 1. The number of fused-ring (bicyclic) bond motifs is 1. The monoisotopic (exact) mass is 257 g/mol. The van der Waals surface area contributed by atoms with Gasteiger partial charge >= 0.3 is 0 Å². The molecule has 2 rings (SSSR count). The van der Waals surface area contributed by atoms with Gasteiger partial charge in [-0.1, -0.05) is 24.1 Å². The topological polar surface area (TPSA) is 50.9 Å². The normalized spacial score (nSPS) is 10.2. The quantitative estimate of drug-likeness (QED) is 0.638. The summed E-state index contributed by atoms with van der Waals surface area (Å²) in [5, 5.41) is 4.42. The van der Waals surface area contributed by atoms with Gasteiger partial charge in [0.05, 0.1) is 28.8 Å². The van der Waals surface area contributed by atoms with Crippen molar-refractivity contribution in [2.45, 2.75) is 0 Å². The summed E-state index contributed by atoms with van der Waals surface area (Å²) >= 11 is 1.73.